The lowest BCUT2D eigenvalue weighted by molar-refractivity contribution is -0.131. The van der Waals surface area contributed by atoms with Gasteiger partial charge in [-0.25, -0.2) is 0 Å². The van der Waals surface area contributed by atoms with Crippen molar-refractivity contribution >= 4 is 5.91 Å². The highest BCUT2D eigenvalue weighted by molar-refractivity contribution is 5.76. The second kappa shape index (κ2) is 15.6. The lowest BCUT2D eigenvalue weighted by Crippen LogP contribution is -2.32. The molecule has 0 bridgehead atoms. The van der Waals surface area contributed by atoms with E-state index in [9.17, 15) is 4.79 Å². The summed E-state index contributed by atoms with van der Waals surface area (Å²) in [4.78, 5) is 14.3. The largest absolute Gasteiger partial charge is 0.343 e. The number of unbranched alkanes of at least 4 members (excludes halogenated alkanes) is 8. The first-order valence-electron chi connectivity index (χ1n) is 9.14. The molecule has 2 nitrogen and oxygen atoms in total. The van der Waals surface area contributed by atoms with Crippen molar-refractivity contribution in [2.75, 3.05) is 13.1 Å². The van der Waals surface area contributed by atoms with Crippen LogP contribution in [-0.2, 0) is 4.79 Å². The highest BCUT2D eigenvalue weighted by atomic mass is 16.2. The molecule has 0 N–H and O–H groups in total. The van der Waals surface area contributed by atoms with Crippen LogP contribution in [-0.4, -0.2) is 23.9 Å². The van der Waals surface area contributed by atoms with Crippen molar-refractivity contribution in [3.05, 3.63) is 12.7 Å². The Morgan fingerprint density at radius 3 is 1.90 bits per heavy atom. The van der Waals surface area contributed by atoms with E-state index in [4.69, 9.17) is 0 Å². The molecule has 1 amide bonds. The molecule has 0 fully saturated rings. The van der Waals surface area contributed by atoms with Crippen LogP contribution >= 0.6 is 0 Å². The Morgan fingerprint density at radius 1 is 0.857 bits per heavy atom. The summed E-state index contributed by atoms with van der Waals surface area (Å²) in [6.45, 7) is 10.0. The van der Waals surface area contributed by atoms with Gasteiger partial charge in [0.15, 0.2) is 0 Å². The van der Waals surface area contributed by atoms with Crippen LogP contribution < -0.4 is 0 Å². The molecule has 21 heavy (non-hydrogen) atoms. The molecular weight excluding hydrogens is 258 g/mol. The Kier molecular flexibility index (Phi) is 15.0. The molecule has 0 unspecified atom stereocenters. The Hall–Kier alpha value is -0.790. The van der Waals surface area contributed by atoms with Crippen LogP contribution in [0, 0.1) is 0 Å². The Balaban J connectivity index is 3.68. The number of rotatable bonds is 15. The number of nitrogens with zero attached hydrogens (tertiary/aromatic N) is 1. The van der Waals surface area contributed by atoms with Gasteiger partial charge in [0, 0.05) is 19.5 Å². The average molecular weight is 296 g/mol. The van der Waals surface area contributed by atoms with Crippen molar-refractivity contribution in [2.45, 2.75) is 90.9 Å². The van der Waals surface area contributed by atoms with Gasteiger partial charge in [-0.1, -0.05) is 58.4 Å². The van der Waals surface area contributed by atoms with Crippen LogP contribution in [0.3, 0.4) is 0 Å². The second-order valence-corrected chi connectivity index (χ2v) is 6.04. The fourth-order valence-corrected chi connectivity index (χ4v) is 2.49. The van der Waals surface area contributed by atoms with Crippen molar-refractivity contribution in [1.82, 2.24) is 4.90 Å². The topological polar surface area (TPSA) is 20.3 Å². The predicted molar refractivity (Wildman–Crippen MR) is 93.5 cm³/mol. The predicted octanol–water partition coefficient (Wildman–Crippen LogP) is 5.72. The molecule has 0 aromatic heterocycles. The van der Waals surface area contributed by atoms with E-state index in [-0.39, 0.29) is 0 Å². The van der Waals surface area contributed by atoms with Gasteiger partial charge in [-0.15, -0.1) is 6.58 Å². The molecule has 124 valence electrons. The Labute approximate surface area is 133 Å². The monoisotopic (exact) mass is 295 g/mol. The third kappa shape index (κ3) is 12.6. The summed E-state index contributed by atoms with van der Waals surface area (Å²) in [5, 5.41) is 0. The van der Waals surface area contributed by atoms with Gasteiger partial charge in [0.1, 0.15) is 0 Å². The van der Waals surface area contributed by atoms with E-state index >= 15 is 0 Å². The van der Waals surface area contributed by atoms with Crippen molar-refractivity contribution < 1.29 is 4.79 Å². The molecule has 0 aromatic rings. The zero-order valence-electron chi connectivity index (χ0n) is 14.5. The van der Waals surface area contributed by atoms with Crippen LogP contribution in [0.1, 0.15) is 90.9 Å². The van der Waals surface area contributed by atoms with Crippen molar-refractivity contribution in [2.24, 2.45) is 0 Å². The fraction of sp³-hybridized carbons (Fsp3) is 0.842. The van der Waals surface area contributed by atoms with E-state index in [1.54, 1.807) is 0 Å². The van der Waals surface area contributed by atoms with Crippen LogP contribution in [0.4, 0.5) is 0 Å². The smallest absolute Gasteiger partial charge is 0.222 e. The molecule has 0 saturated heterocycles. The Morgan fingerprint density at radius 2 is 1.38 bits per heavy atom. The molecule has 0 aliphatic rings. The number of carbonyl (C=O) groups excluding carboxylic acids is 1. The minimum atomic E-state index is 0.378. The maximum atomic E-state index is 12.2. The minimum Gasteiger partial charge on any atom is -0.343 e. The maximum absolute atomic E-state index is 12.2. The summed E-state index contributed by atoms with van der Waals surface area (Å²) in [6.07, 6.45) is 15.9. The normalized spacial score (nSPS) is 10.6. The third-order valence-electron chi connectivity index (χ3n) is 3.96. The SMILES string of the molecule is C=CCCCCCCCCC(=O)N(CCCC)CCCC. The standard InChI is InChI=1S/C19H37NO/c1-4-7-10-11-12-13-14-15-16-19(21)20(17-8-5-2)18-9-6-3/h4H,1,5-18H2,2-3H3. The number of hydrogen-bond donors (Lipinski definition) is 0. The molecule has 0 aromatic carbocycles. The van der Waals surface area contributed by atoms with E-state index in [1.807, 2.05) is 6.08 Å². The van der Waals surface area contributed by atoms with Crippen LogP contribution in [0.2, 0.25) is 0 Å². The Bertz CT molecular complexity index is 242. The van der Waals surface area contributed by atoms with Crippen molar-refractivity contribution in [3.63, 3.8) is 0 Å². The molecule has 0 saturated carbocycles. The molecule has 0 atom stereocenters. The molecule has 0 rings (SSSR count). The van der Waals surface area contributed by atoms with E-state index < -0.39 is 0 Å². The first-order chi connectivity index (χ1) is 10.3. The summed E-state index contributed by atoms with van der Waals surface area (Å²) < 4.78 is 0. The van der Waals surface area contributed by atoms with Gasteiger partial charge in [0.2, 0.25) is 5.91 Å². The van der Waals surface area contributed by atoms with Gasteiger partial charge >= 0.3 is 0 Å². The zero-order chi connectivity index (χ0) is 15.8. The summed E-state index contributed by atoms with van der Waals surface area (Å²) in [5.74, 6) is 0.378. The second-order valence-electron chi connectivity index (χ2n) is 6.04. The maximum Gasteiger partial charge on any atom is 0.222 e. The molecule has 2 heteroatoms. The quantitative estimate of drug-likeness (QED) is 0.279. The number of carbonyl (C=O) groups is 1. The molecular formula is C19H37NO. The summed E-state index contributed by atoms with van der Waals surface area (Å²) >= 11 is 0. The highest BCUT2D eigenvalue weighted by Crippen LogP contribution is 2.10. The molecule has 0 heterocycles. The van der Waals surface area contributed by atoms with E-state index in [2.05, 4.69) is 25.3 Å². The van der Waals surface area contributed by atoms with Gasteiger partial charge in [-0.05, 0) is 32.1 Å². The van der Waals surface area contributed by atoms with E-state index in [1.165, 1.54) is 44.9 Å². The van der Waals surface area contributed by atoms with Crippen molar-refractivity contribution in [1.29, 1.82) is 0 Å². The number of hydrogen-bond acceptors (Lipinski definition) is 1. The molecule has 0 aliphatic heterocycles. The lowest BCUT2D eigenvalue weighted by atomic mass is 10.1. The van der Waals surface area contributed by atoms with Gasteiger partial charge in [-0.2, -0.15) is 0 Å². The molecule has 0 radical (unpaired) electrons. The van der Waals surface area contributed by atoms with Gasteiger partial charge in [0.25, 0.3) is 0 Å². The first-order valence-corrected chi connectivity index (χ1v) is 9.14. The first kappa shape index (κ1) is 20.2. The fourth-order valence-electron chi connectivity index (χ4n) is 2.49. The van der Waals surface area contributed by atoms with Crippen LogP contribution in [0.5, 0.6) is 0 Å². The lowest BCUT2D eigenvalue weighted by Gasteiger charge is -2.22. The highest BCUT2D eigenvalue weighted by Gasteiger charge is 2.11. The molecule has 0 aliphatic carbocycles. The van der Waals surface area contributed by atoms with Crippen LogP contribution in [0.15, 0.2) is 12.7 Å². The van der Waals surface area contributed by atoms with E-state index in [0.717, 1.165) is 45.2 Å². The summed E-state index contributed by atoms with van der Waals surface area (Å²) in [5.41, 5.74) is 0. The van der Waals surface area contributed by atoms with Gasteiger partial charge in [-0.3, -0.25) is 4.79 Å². The number of allylic oxidation sites excluding steroid dienone is 1. The van der Waals surface area contributed by atoms with E-state index in [0.29, 0.717) is 5.91 Å². The van der Waals surface area contributed by atoms with Gasteiger partial charge in [0.05, 0.1) is 0 Å². The summed E-state index contributed by atoms with van der Waals surface area (Å²) in [6, 6.07) is 0. The van der Waals surface area contributed by atoms with Crippen molar-refractivity contribution in [3.8, 4) is 0 Å². The van der Waals surface area contributed by atoms with Crippen LogP contribution in [0.25, 0.3) is 0 Å². The van der Waals surface area contributed by atoms with Gasteiger partial charge < -0.3 is 4.90 Å². The summed E-state index contributed by atoms with van der Waals surface area (Å²) in [7, 11) is 0. The molecule has 0 spiro atoms. The third-order valence-corrected chi connectivity index (χ3v) is 3.96. The zero-order valence-corrected chi connectivity index (χ0v) is 14.5. The number of amides is 1. The minimum absolute atomic E-state index is 0.378. The average Bonchev–Trinajstić information content (AvgIpc) is 2.50.